The van der Waals surface area contributed by atoms with Crippen LogP contribution in [-0.2, 0) is 20.9 Å². The molecule has 1 aromatic carbocycles. The monoisotopic (exact) mass is 477 g/mol. The number of alkyl halides is 2. The van der Waals surface area contributed by atoms with Crippen molar-refractivity contribution in [3.8, 4) is 5.75 Å². The van der Waals surface area contributed by atoms with Gasteiger partial charge in [-0.2, -0.15) is 0 Å². The summed E-state index contributed by atoms with van der Waals surface area (Å²) in [6.07, 6.45) is 1.98. The summed E-state index contributed by atoms with van der Waals surface area (Å²) in [5.41, 5.74) is 1.36. The molecule has 0 bridgehead atoms. The smallest absolute Gasteiger partial charge is 0.261 e. The van der Waals surface area contributed by atoms with Crippen molar-refractivity contribution in [3.63, 3.8) is 0 Å². The number of imide groups is 1. The van der Waals surface area contributed by atoms with E-state index in [2.05, 4.69) is 10.2 Å². The lowest BCUT2D eigenvalue weighted by Crippen LogP contribution is -2.61. The normalized spacial score (nSPS) is 28.1. The Labute approximate surface area is 196 Å². The van der Waals surface area contributed by atoms with Crippen molar-refractivity contribution in [2.24, 2.45) is 0 Å². The van der Waals surface area contributed by atoms with Crippen molar-refractivity contribution >= 4 is 17.7 Å². The second kappa shape index (κ2) is 9.58. The molecule has 10 heteroatoms. The average molecular weight is 478 g/mol. The molecule has 5 rings (SSSR count). The number of nitrogens with one attached hydrogen (secondary N) is 1. The first-order valence-corrected chi connectivity index (χ1v) is 12.0. The fourth-order valence-corrected chi connectivity index (χ4v) is 5.49. The number of carbonyl (C=O) groups is 3. The molecule has 3 amide bonds. The Morgan fingerprint density at radius 2 is 1.88 bits per heavy atom. The predicted octanol–water partition coefficient (Wildman–Crippen LogP) is 2.10. The van der Waals surface area contributed by atoms with Crippen molar-refractivity contribution in [3.05, 3.63) is 29.3 Å². The van der Waals surface area contributed by atoms with Gasteiger partial charge in [-0.3, -0.25) is 24.6 Å². The van der Waals surface area contributed by atoms with Crippen LogP contribution < -0.4 is 10.1 Å². The van der Waals surface area contributed by atoms with Gasteiger partial charge in [-0.15, -0.1) is 0 Å². The number of piperidine rings is 1. The van der Waals surface area contributed by atoms with Crippen LogP contribution in [0, 0.1) is 0 Å². The zero-order valence-corrected chi connectivity index (χ0v) is 18.9. The minimum Gasteiger partial charge on any atom is -0.489 e. The van der Waals surface area contributed by atoms with Crippen molar-refractivity contribution in [2.75, 3.05) is 19.7 Å². The molecule has 2 saturated heterocycles. The van der Waals surface area contributed by atoms with Crippen LogP contribution in [0.1, 0.15) is 54.4 Å². The Hall–Kier alpha value is -2.59. The van der Waals surface area contributed by atoms with Crippen molar-refractivity contribution in [2.45, 2.75) is 75.8 Å². The second-order valence-electron chi connectivity index (χ2n) is 9.53. The molecule has 1 aromatic rings. The van der Waals surface area contributed by atoms with Gasteiger partial charge >= 0.3 is 0 Å². The average Bonchev–Trinajstić information content (AvgIpc) is 3.09. The largest absolute Gasteiger partial charge is 0.489 e. The fraction of sp³-hybridized carbons (Fsp3) is 0.625. The maximum Gasteiger partial charge on any atom is 0.261 e. The van der Waals surface area contributed by atoms with Crippen LogP contribution >= 0.6 is 0 Å². The van der Waals surface area contributed by atoms with E-state index in [9.17, 15) is 23.2 Å². The summed E-state index contributed by atoms with van der Waals surface area (Å²) in [6.45, 7) is 1.06. The molecule has 34 heavy (non-hydrogen) atoms. The molecule has 8 nitrogen and oxygen atoms in total. The topological polar surface area (TPSA) is 88.2 Å². The molecule has 3 heterocycles. The van der Waals surface area contributed by atoms with E-state index in [1.165, 1.54) is 4.90 Å². The zero-order chi connectivity index (χ0) is 23.8. The van der Waals surface area contributed by atoms with E-state index in [0.29, 0.717) is 37.4 Å². The standard InChI is InChI=1S/C24H29F2N3O5/c25-21(26)13-33-16-11-28(12-16)18-3-1-2-4-20(18)34-15-5-6-17-14(9-15)10-29(24(17)32)19-7-8-22(30)27-23(19)31/h5-6,9,16,18-21H,1-4,7-8,10-13H2,(H,27,30,31)/t18-,19?,20+/m0/s1. The first kappa shape index (κ1) is 23.2. The maximum absolute atomic E-state index is 12.9. The molecule has 1 N–H and O–H groups in total. The summed E-state index contributed by atoms with van der Waals surface area (Å²) >= 11 is 0. The lowest BCUT2D eigenvalue weighted by Gasteiger charge is -2.48. The van der Waals surface area contributed by atoms with Gasteiger partial charge in [0, 0.05) is 37.7 Å². The number of ether oxygens (including phenoxy) is 2. The number of likely N-dealkylation sites (tertiary alicyclic amines) is 1. The number of halogens is 2. The fourth-order valence-electron chi connectivity index (χ4n) is 5.49. The Bertz CT molecular complexity index is 968. The minimum atomic E-state index is -2.45. The van der Waals surface area contributed by atoms with Crippen molar-refractivity contribution in [1.82, 2.24) is 15.1 Å². The van der Waals surface area contributed by atoms with Crippen molar-refractivity contribution in [1.29, 1.82) is 0 Å². The van der Waals surface area contributed by atoms with Gasteiger partial charge < -0.3 is 14.4 Å². The van der Waals surface area contributed by atoms with Crippen molar-refractivity contribution < 1.29 is 32.6 Å². The summed E-state index contributed by atoms with van der Waals surface area (Å²) in [4.78, 5) is 40.4. The highest BCUT2D eigenvalue weighted by Crippen LogP contribution is 2.34. The molecule has 1 saturated carbocycles. The Balaban J connectivity index is 1.22. The van der Waals surface area contributed by atoms with Gasteiger partial charge in [0.15, 0.2) is 0 Å². The predicted molar refractivity (Wildman–Crippen MR) is 116 cm³/mol. The van der Waals surface area contributed by atoms with Crippen LogP contribution in [0.15, 0.2) is 18.2 Å². The summed E-state index contributed by atoms with van der Waals surface area (Å²) in [5.74, 6) is -0.261. The van der Waals surface area contributed by atoms with Gasteiger partial charge in [0.1, 0.15) is 24.5 Å². The third-order valence-electron chi connectivity index (χ3n) is 7.25. The Morgan fingerprint density at radius 3 is 2.65 bits per heavy atom. The van der Waals surface area contributed by atoms with E-state index in [4.69, 9.17) is 9.47 Å². The van der Waals surface area contributed by atoms with Gasteiger partial charge in [-0.25, -0.2) is 8.78 Å². The number of hydrogen-bond donors (Lipinski definition) is 1. The molecule has 184 valence electrons. The molecule has 0 aromatic heterocycles. The highest BCUT2D eigenvalue weighted by atomic mass is 19.3. The number of fused-ring (bicyclic) bond motifs is 1. The van der Waals surface area contributed by atoms with Crippen LogP contribution in [0.4, 0.5) is 8.78 Å². The molecule has 4 aliphatic rings. The van der Waals surface area contributed by atoms with Crippen LogP contribution in [0.5, 0.6) is 5.75 Å². The summed E-state index contributed by atoms with van der Waals surface area (Å²) < 4.78 is 36.4. The first-order chi connectivity index (χ1) is 16.4. The van der Waals surface area contributed by atoms with Crippen LogP contribution in [0.2, 0.25) is 0 Å². The maximum atomic E-state index is 12.9. The third kappa shape index (κ3) is 4.65. The third-order valence-corrected chi connectivity index (χ3v) is 7.25. The van der Waals surface area contributed by atoms with E-state index in [1.807, 2.05) is 6.07 Å². The van der Waals surface area contributed by atoms with E-state index in [0.717, 1.165) is 31.2 Å². The summed E-state index contributed by atoms with van der Waals surface area (Å²) in [5, 5.41) is 2.31. The number of hydrogen-bond acceptors (Lipinski definition) is 6. The molecular weight excluding hydrogens is 448 g/mol. The molecule has 3 fully saturated rings. The molecule has 0 spiro atoms. The van der Waals surface area contributed by atoms with Gasteiger partial charge in [0.2, 0.25) is 11.8 Å². The molecule has 1 unspecified atom stereocenters. The van der Waals surface area contributed by atoms with Gasteiger partial charge in [0.05, 0.1) is 6.10 Å². The molecule has 3 aliphatic heterocycles. The zero-order valence-electron chi connectivity index (χ0n) is 18.9. The van der Waals surface area contributed by atoms with Gasteiger partial charge in [-0.05, 0) is 49.4 Å². The lowest BCUT2D eigenvalue weighted by atomic mass is 9.89. The number of amides is 3. The highest BCUT2D eigenvalue weighted by molar-refractivity contribution is 6.05. The van der Waals surface area contributed by atoms with Crippen LogP contribution in [0.25, 0.3) is 0 Å². The highest BCUT2D eigenvalue weighted by Gasteiger charge is 2.41. The Morgan fingerprint density at radius 1 is 1.09 bits per heavy atom. The quantitative estimate of drug-likeness (QED) is 0.606. The first-order valence-electron chi connectivity index (χ1n) is 12.0. The van der Waals surface area contributed by atoms with E-state index in [-0.39, 0.29) is 36.5 Å². The number of nitrogens with zero attached hydrogens (tertiary/aromatic N) is 2. The summed E-state index contributed by atoms with van der Waals surface area (Å²) in [7, 11) is 0. The van der Waals surface area contributed by atoms with E-state index >= 15 is 0 Å². The van der Waals surface area contributed by atoms with Crippen LogP contribution in [-0.4, -0.2) is 77.9 Å². The Kier molecular flexibility index (Phi) is 6.52. The minimum absolute atomic E-state index is 0.0220. The number of carbonyl (C=O) groups excluding carboxylic acids is 3. The molecule has 3 atom stereocenters. The lowest BCUT2D eigenvalue weighted by molar-refractivity contribution is -0.136. The molecule has 1 aliphatic carbocycles. The SMILES string of the molecule is O=C1CCC(N2Cc3cc(O[C@@H]4CCCC[C@@H]4N4CC(OCC(F)F)C4)ccc3C2=O)C(=O)N1. The van der Waals surface area contributed by atoms with Crippen LogP contribution in [0.3, 0.4) is 0 Å². The van der Waals surface area contributed by atoms with Gasteiger partial charge in [-0.1, -0.05) is 6.42 Å². The molecular formula is C24H29F2N3O5. The number of benzene rings is 1. The molecule has 0 radical (unpaired) electrons. The number of rotatable bonds is 7. The van der Waals surface area contributed by atoms with E-state index in [1.54, 1.807) is 12.1 Å². The second-order valence-corrected chi connectivity index (χ2v) is 9.53. The summed E-state index contributed by atoms with van der Waals surface area (Å²) in [6, 6.07) is 4.97. The van der Waals surface area contributed by atoms with E-state index < -0.39 is 25.0 Å². The van der Waals surface area contributed by atoms with Gasteiger partial charge in [0.25, 0.3) is 12.3 Å².